The van der Waals surface area contributed by atoms with Crippen LogP contribution in [-0.4, -0.2) is 109 Å². The van der Waals surface area contributed by atoms with E-state index in [2.05, 4.69) is 15.5 Å². The van der Waals surface area contributed by atoms with E-state index in [9.17, 15) is 19.5 Å². The number of amides is 3. The van der Waals surface area contributed by atoms with Gasteiger partial charge in [0, 0.05) is 33.2 Å². The smallest absolute Gasteiger partial charge is 0.245 e. The fraction of sp³-hybridized carbons (Fsp3) is 0.864. The summed E-state index contributed by atoms with van der Waals surface area (Å²) in [7, 11) is 1.55. The molecule has 10 nitrogen and oxygen atoms in total. The third kappa shape index (κ3) is 3.70. The second-order valence-corrected chi connectivity index (χ2v) is 9.65. The van der Waals surface area contributed by atoms with Gasteiger partial charge in [-0.05, 0) is 18.8 Å². The van der Waals surface area contributed by atoms with Gasteiger partial charge in [-0.15, -0.1) is 0 Å². The molecule has 0 aromatic heterocycles. The third-order valence-corrected chi connectivity index (χ3v) is 7.68. The minimum absolute atomic E-state index is 0.0570. The summed E-state index contributed by atoms with van der Waals surface area (Å²) in [5, 5.41) is 15.8. The van der Waals surface area contributed by atoms with Gasteiger partial charge < -0.3 is 30.1 Å². The Bertz CT molecular complexity index is 742. The van der Waals surface area contributed by atoms with Gasteiger partial charge in [0.25, 0.3) is 0 Å². The Morgan fingerprint density at radius 3 is 2.59 bits per heavy atom. The summed E-state index contributed by atoms with van der Waals surface area (Å²) < 4.78 is 11.7. The first kappa shape index (κ1) is 23.4. The number of rotatable bonds is 8. The molecule has 0 aromatic carbocycles. The highest BCUT2D eigenvalue weighted by Gasteiger charge is 2.75. The highest BCUT2D eigenvalue weighted by Crippen LogP contribution is 2.58. The molecule has 180 valence electrons. The SMILES string of the molecule is CNC(=O)[C@@H]1[C@H]2C(=O)N([C@@H](CO)C(C)C)C(C(=O)NCCN3CCOCC3)C23CC[C@H]1O3. The molecule has 10 heteroatoms. The molecule has 3 amide bonds. The first-order valence-corrected chi connectivity index (χ1v) is 11.8. The van der Waals surface area contributed by atoms with Crippen LogP contribution in [0.1, 0.15) is 26.7 Å². The van der Waals surface area contributed by atoms with Crippen molar-refractivity contribution in [2.45, 2.75) is 50.5 Å². The Labute approximate surface area is 189 Å². The number of hydrogen-bond donors (Lipinski definition) is 3. The van der Waals surface area contributed by atoms with Crippen molar-refractivity contribution >= 4 is 17.7 Å². The molecule has 0 aromatic rings. The topological polar surface area (TPSA) is 120 Å². The predicted molar refractivity (Wildman–Crippen MR) is 114 cm³/mol. The van der Waals surface area contributed by atoms with Gasteiger partial charge in [0.15, 0.2) is 0 Å². The van der Waals surface area contributed by atoms with Gasteiger partial charge in [-0.3, -0.25) is 19.3 Å². The summed E-state index contributed by atoms with van der Waals surface area (Å²) in [5.41, 5.74) is -1.02. The lowest BCUT2D eigenvalue weighted by atomic mass is 9.70. The maximum atomic E-state index is 13.7. The zero-order valence-corrected chi connectivity index (χ0v) is 19.2. The third-order valence-electron chi connectivity index (χ3n) is 7.68. The van der Waals surface area contributed by atoms with E-state index in [0.717, 1.165) is 13.1 Å². The quantitative estimate of drug-likeness (QED) is 0.413. The molecule has 0 saturated carbocycles. The summed E-state index contributed by atoms with van der Waals surface area (Å²) >= 11 is 0. The van der Waals surface area contributed by atoms with E-state index in [1.165, 1.54) is 4.90 Å². The van der Waals surface area contributed by atoms with Crippen LogP contribution in [0.2, 0.25) is 0 Å². The Morgan fingerprint density at radius 2 is 1.97 bits per heavy atom. The van der Waals surface area contributed by atoms with E-state index in [-0.39, 0.29) is 36.4 Å². The molecule has 2 bridgehead atoms. The summed E-state index contributed by atoms with van der Waals surface area (Å²) in [6.07, 6.45) is 0.829. The molecule has 4 fully saturated rings. The molecule has 1 spiro atoms. The van der Waals surface area contributed by atoms with Crippen molar-refractivity contribution in [1.82, 2.24) is 20.4 Å². The van der Waals surface area contributed by atoms with Gasteiger partial charge in [0.1, 0.15) is 11.6 Å². The van der Waals surface area contributed by atoms with Crippen molar-refractivity contribution in [3.8, 4) is 0 Å². The second-order valence-electron chi connectivity index (χ2n) is 9.65. The van der Waals surface area contributed by atoms with Crippen molar-refractivity contribution in [3.63, 3.8) is 0 Å². The largest absolute Gasteiger partial charge is 0.394 e. The average Bonchev–Trinajstić information content (AvgIpc) is 3.42. The molecular formula is C22H36N4O6. The Hall–Kier alpha value is -1.75. The number of ether oxygens (including phenoxy) is 2. The zero-order chi connectivity index (χ0) is 23.0. The normalized spacial score (nSPS) is 35.3. The maximum Gasteiger partial charge on any atom is 0.245 e. The van der Waals surface area contributed by atoms with Gasteiger partial charge in [-0.1, -0.05) is 13.8 Å². The van der Waals surface area contributed by atoms with Gasteiger partial charge >= 0.3 is 0 Å². The molecule has 4 rings (SSSR count). The molecule has 4 saturated heterocycles. The molecule has 0 radical (unpaired) electrons. The van der Waals surface area contributed by atoms with E-state index in [4.69, 9.17) is 9.47 Å². The van der Waals surface area contributed by atoms with Crippen molar-refractivity contribution in [3.05, 3.63) is 0 Å². The van der Waals surface area contributed by atoms with Crippen LogP contribution in [0.5, 0.6) is 0 Å². The number of aliphatic hydroxyl groups is 1. The molecule has 4 aliphatic heterocycles. The monoisotopic (exact) mass is 452 g/mol. The first-order valence-electron chi connectivity index (χ1n) is 11.8. The van der Waals surface area contributed by atoms with Crippen LogP contribution in [-0.2, 0) is 23.9 Å². The summed E-state index contributed by atoms with van der Waals surface area (Å²) in [5.74, 6) is -2.13. The molecule has 3 N–H and O–H groups in total. The Kier molecular flexibility index (Phi) is 6.76. The van der Waals surface area contributed by atoms with Gasteiger partial charge in [-0.2, -0.15) is 0 Å². The maximum absolute atomic E-state index is 13.7. The number of carbonyl (C=O) groups is 3. The Morgan fingerprint density at radius 1 is 1.25 bits per heavy atom. The fourth-order valence-corrected chi connectivity index (χ4v) is 6.09. The van der Waals surface area contributed by atoms with Gasteiger partial charge in [-0.25, -0.2) is 0 Å². The highest BCUT2D eigenvalue weighted by molar-refractivity contribution is 5.99. The van der Waals surface area contributed by atoms with E-state index >= 15 is 0 Å². The van der Waals surface area contributed by atoms with E-state index < -0.39 is 29.5 Å². The van der Waals surface area contributed by atoms with Crippen LogP contribution >= 0.6 is 0 Å². The molecule has 2 unspecified atom stereocenters. The van der Waals surface area contributed by atoms with Gasteiger partial charge in [0.2, 0.25) is 17.7 Å². The Balaban J connectivity index is 1.59. The number of likely N-dealkylation sites (tertiary alicyclic amines) is 1. The summed E-state index contributed by atoms with van der Waals surface area (Å²) in [6.45, 7) is 7.76. The van der Waals surface area contributed by atoms with Crippen molar-refractivity contribution in [1.29, 1.82) is 0 Å². The van der Waals surface area contributed by atoms with Crippen LogP contribution in [0.25, 0.3) is 0 Å². The number of nitrogens with zero attached hydrogens (tertiary/aromatic N) is 2. The van der Waals surface area contributed by atoms with Crippen molar-refractivity contribution < 1.29 is 29.0 Å². The molecule has 6 atom stereocenters. The number of fused-ring (bicyclic) bond motifs is 1. The average molecular weight is 453 g/mol. The number of carbonyl (C=O) groups excluding carboxylic acids is 3. The minimum atomic E-state index is -1.02. The predicted octanol–water partition coefficient (Wildman–Crippen LogP) is -1.43. The molecule has 4 aliphatic rings. The number of aliphatic hydroxyl groups excluding tert-OH is 1. The number of morpholine rings is 1. The molecule has 32 heavy (non-hydrogen) atoms. The lowest BCUT2D eigenvalue weighted by Gasteiger charge is -2.38. The van der Waals surface area contributed by atoms with E-state index in [1.807, 2.05) is 13.8 Å². The van der Waals surface area contributed by atoms with E-state index in [0.29, 0.717) is 39.1 Å². The van der Waals surface area contributed by atoms with Crippen LogP contribution in [0, 0.1) is 17.8 Å². The summed E-state index contributed by atoms with van der Waals surface area (Å²) in [4.78, 5) is 43.7. The van der Waals surface area contributed by atoms with Crippen LogP contribution in [0.15, 0.2) is 0 Å². The fourth-order valence-electron chi connectivity index (χ4n) is 6.09. The first-order chi connectivity index (χ1) is 15.4. The number of nitrogens with one attached hydrogen (secondary N) is 2. The molecule has 0 aliphatic carbocycles. The van der Waals surface area contributed by atoms with Crippen LogP contribution in [0.3, 0.4) is 0 Å². The molecule has 4 heterocycles. The lowest BCUT2D eigenvalue weighted by molar-refractivity contribution is -0.146. The second kappa shape index (κ2) is 9.24. The number of hydrogen-bond acceptors (Lipinski definition) is 7. The lowest BCUT2D eigenvalue weighted by Crippen LogP contribution is -2.59. The van der Waals surface area contributed by atoms with Crippen LogP contribution < -0.4 is 10.6 Å². The van der Waals surface area contributed by atoms with Gasteiger partial charge in [0.05, 0.1) is 43.8 Å². The van der Waals surface area contributed by atoms with E-state index in [1.54, 1.807) is 7.05 Å². The van der Waals surface area contributed by atoms with Crippen molar-refractivity contribution in [2.24, 2.45) is 17.8 Å². The molecular weight excluding hydrogens is 416 g/mol. The van der Waals surface area contributed by atoms with Crippen LogP contribution in [0.4, 0.5) is 0 Å². The standard InChI is InChI=1S/C22H36N4O6/c1-13(2)14(12-27)26-18(20(29)24-6-7-25-8-10-31-11-9-25)22-5-4-15(32-22)16(19(28)23-3)17(22)21(26)30/h13-18,27H,4-12H2,1-3H3,(H,23,28)(H,24,29)/t14-,15+,16-,17-,18?,22?/m0/s1. The van der Waals surface area contributed by atoms with Crippen molar-refractivity contribution in [2.75, 3.05) is 53.0 Å². The minimum Gasteiger partial charge on any atom is -0.394 e. The summed E-state index contributed by atoms with van der Waals surface area (Å²) in [6, 6.07) is -1.38. The highest BCUT2D eigenvalue weighted by atomic mass is 16.5. The zero-order valence-electron chi connectivity index (χ0n) is 19.2.